The van der Waals surface area contributed by atoms with Crippen LogP contribution >= 0.6 is 11.6 Å². The monoisotopic (exact) mass is 239 g/mol. The number of benzene rings is 1. The molecule has 16 heavy (non-hydrogen) atoms. The molecule has 0 bridgehead atoms. The third-order valence-corrected chi connectivity index (χ3v) is 3.29. The molecule has 2 nitrogen and oxygen atoms in total. The van der Waals surface area contributed by atoms with Crippen molar-refractivity contribution in [1.82, 2.24) is 0 Å². The van der Waals surface area contributed by atoms with E-state index in [-0.39, 0.29) is 6.04 Å². The van der Waals surface area contributed by atoms with Crippen LogP contribution in [0.4, 0.5) is 0 Å². The highest BCUT2D eigenvalue weighted by molar-refractivity contribution is 6.30. The summed E-state index contributed by atoms with van der Waals surface area (Å²) in [6, 6.07) is 5.64. The second-order valence-electron chi connectivity index (χ2n) is 4.50. The summed E-state index contributed by atoms with van der Waals surface area (Å²) in [6.07, 6.45) is 5.21. The van der Waals surface area contributed by atoms with Crippen molar-refractivity contribution in [3.8, 4) is 5.75 Å². The third-order valence-electron chi connectivity index (χ3n) is 3.06. The van der Waals surface area contributed by atoms with Crippen molar-refractivity contribution < 1.29 is 4.74 Å². The van der Waals surface area contributed by atoms with E-state index in [1.54, 1.807) is 0 Å². The van der Waals surface area contributed by atoms with Crippen LogP contribution in [-0.2, 0) is 0 Å². The number of ether oxygens (including phenoxy) is 1. The zero-order chi connectivity index (χ0) is 11.5. The molecule has 1 aromatic carbocycles. The Hall–Kier alpha value is -0.730. The van der Waals surface area contributed by atoms with E-state index in [9.17, 15) is 0 Å². The van der Waals surface area contributed by atoms with E-state index in [0.29, 0.717) is 11.1 Å². The zero-order valence-corrected chi connectivity index (χ0v) is 10.3. The highest BCUT2D eigenvalue weighted by Gasteiger charge is 2.18. The van der Waals surface area contributed by atoms with Gasteiger partial charge in [0.25, 0.3) is 0 Å². The van der Waals surface area contributed by atoms with E-state index in [2.05, 4.69) is 0 Å². The second-order valence-corrected chi connectivity index (χ2v) is 4.93. The lowest BCUT2D eigenvalue weighted by Gasteiger charge is -2.18. The van der Waals surface area contributed by atoms with E-state index >= 15 is 0 Å². The standard InChI is InChI=1S/C13H18ClNO/c1-9(15)12-8-10(14)6-7-13(12)16-11-4-2-3-5-11/h6-9,11H,2-5,15H2,1H3/t9-/m1/s1. The first-order valence-electron chi connectivity index (χ1n) is 5.88. The average molecular weight is 240 g/mol. The summed E-state index contributed by atoms with van der Waals surface area (Å²) in [7, 11) is 0. The molecule has 0 heterocycles. The van der Waals surface area contributed by atoms with Gasteiger partial charge in [-0.3, -0.25) is 0 Å². The van der Waals surface area contributed by atoms with Crippen molar-refractivity contribution in [2.75, 3.05) is 0 Å². The van der Waals surface area contributed by atoms with Crippen LogP contribution in [0.25, 0.3) is 0 Å². The predicted octanol–water partition coefficient (Wildman–Crippen LogP) is 3.68. The maximum atomic E-state index is 5.98. The van der Waals surface area contributed by atoms with Crippen LogP contribution in [-0.4, -0.2) is 6.10 Å². The molecule has 2 N–H and O–H groups in total. The number of hydrogen-bond acceptors (Lipinski definition) is 2. The highest BCUT2D eigenvalue weighted by atomic mass is 35.5. The Morgan fingerprint density at radius 3 is 2.69 bits per heavy atom. The Bertz CT molecular complexity index is 359. The quantitative estimate of drug-likeness (QED) is 0.873. The van der Waals surface area contributed by atoms with Crippen molar-refractivity contribution in [1.29, 1.82) is 0 Å². The third kappa shape index (κ3) is 2.69. The van der Waals surface area contributed by atoms with Gasteiger partial charge in [-0.15, -0.1) is 0 Å². The lowest BCUT2D eigenvalue weighted by molar-refractivity contribution is 0.207. The fourth-order valence-corrected chi connectivity index (χ4v) is 2.35. The Morgan fingerprint density at radius 1 is 1.38 bits per heavy atom. The molecule has 0 unspecified atom stereocenters. The van der Waals surface area contributed by atoms with Crippen molar-refractivity contribution in [3.05, 3.63) is 28.8 Å². The van der Waals surface area contributed by atoms with E-state index < -0.39 is 0 Å². The lowest BCUT2D eigenvalue weighted by Crippen LogP contribution is -2.14. The maximum absolute atomic E-state index is 5.98. The first-order valence-corrected chi connectivity index (χ1v) is 6.26. The zero-order valence-electron chi connectivity index (χ0n) is 9.58. The maximum Gasteiger partial charge on any atom is 0.124 e. The first-order chi connectivity index (χ1) is 7.66. The summed E-state index contributed by atoms with van der Waals surface area (Å²) < 4.78 is 5.98. The number of nitrogens with two attached hydrogens (primary N) is 1. The van der Waals surface area contributed by atoms with Crippen LogP contribution < -0.4 is 10.5 Å². The van der Waals surface area contributed by atoms with Gasteiger partial charge in [0.05, 0.1) is 6.10 Å². The van der Waals surface area contributed by atoms with Gasteiger partial charge in [0.15, 0.2) is 0 Å². The SMILES string of the molecule is C[C@@H](N)c1cc(Cl)ccc1OC1CCCC1. The normalized spacial score (nSPS) is 18.7. The summed E-state index contributed by atoms with van der Waals surface area (Å²) in [6.45, 7) is 1.95. The largest absolute Gasteiger partial charge is 0.490 e. The van der Waals surface area contributed by atoms with Gasteiger partial charge in [0.1, 0.15) is 5.75 Å². The molecule has 0 spiro atoms. The molecule has 0 amide bonds. The van der Waals surface area contributed by atoms with Gasteiger partial charge < -0.3 is 10.5 Å². The summed E-state index contributed by atoms with van der Waals surface area (Å²) in [4.78, 5) is 0. The van der Waals surface area contributed by atoms with Gasteiger partial charge in [-0.1, -0.05) is 11.6 Å². The summed E-state index contributed by atoms with van der Waals surface area (Å²) in [5.74, 6) is 0.895. The van der Waals surface area contributed by atoms with Crippen molar-refractivity contribution >= 4 is 11.6 Å². The van der Waals surface area contributed by atoms with Gasteiger partial charge in [0, 0.05) is 16.6 Å². The Kier molecular flexibility index (Phi) is 3.72. The molecular weight excluding hydrogens is 222 g/mol. The van der Waals surface area contributed by atoms with Crippen LogP contribution in [0, 0.1) is 0 Å². The Morgan fingerprint density at radius 2 is 2.06 bits per heavy atom. The van der Waals surface area contributed by atoms with Gasteiger partial charge in [-0.2, -0.15) is 0 Å². The molecule has 1 fully saturated rings. The smallest absolute Gasteiger partial charge is 0.124 e. The molecule has 3 heteroatoms. The molecular formula is C13H18ClNO. The van der Waals surface area contributed by atoms with Gasteiger partial charge in [0.2, 0.25) is 0 Å². The van der Waals surface area contributed by atoms with Crippen molar-refractivity contribution in [2.45, 2.75) is 44.8 Å². The molecule has 0 saturated heterocycles. The van der Waals surface area contributed by atoms with Crippen LogP contribution in [0.15, 0.2) is 18.2 Å². The number of halogens is 1. The molecule has 0 aliphatic heterocycles. The van der Waals surface area contributed by atoms with Crippen molar-refractivity contribution in [2.24, 2.45) is 5.73 Å². The molecule has 2 rings (SSSR count). The molecule has 0 radical (unpaired) electrons. The van der Waals surface area contributed by atoms with Crippen LogP contribution in [0.5, 0.6) is 5.75 Å². The molecule has 1 aliphatic carbocycles. The minimum atomic E-state index is -0.0462. The Labute approximate surface area is 102 Å². The number of hydrogen-bond donors (Lipinski definition) is 1. The topological polar surface area (TPSA) is 35.2 Å². The number of rotatable bonds is 3. The minimum absolute atomic E-state index is 0.0462. The summed E-state index contributed by atoms with van der Waals surface area (Å²) in [5.41, 5.74) is 6.92. The van der Waals surface area contributed by atoms with Gasteiger partial charge in [-0.05, 0) is 50.8 Å². The average Bonchev–Trinajstić information content (AvgIpc) is 2.73. The van der Waals surface area contributed by atoms with Crippen LogP contribution in [0.2, 0.25) is 5.02 Å². The molecule has 1 aromatic rings. The second kappa shape index (κ2) is 5.07. The van der Waals surface area contributed by atoms with Gasteiger partial charge in [-0.25, -0.2) is 0 Å². The van der Waals surface area contributed by atoms with E-state index in [4.69, 9.17) is 22.1 Å². The van der Waals surface area contributed by atoms with Gasteiger partial charge >= 0.3 is 0 Å². The molecule has 1 saturated carbocycles. The summed E-state index contributed by atoms with van der Waals surface area (Å²) in [5, 5.41) is 0.714. The molecule has 0 aromatic heterocycles. The van der Waals surface area contributed by atoms with E-state index in [0.717, 1.165) is 24.2 Å². The van der Waals surface area contributed by atoms with E-state index in [1.807, 2.05) is 25.1 Å². The van der Waals surface area contributed by atoms with E-state index in [1.165, 1.54) is 12.8 Å². The summed E-state index contributed by atoms with van der Waals surface area (Å²) >= 11 is 5.97. The molecule has 1 atom stereocenters. The fraction of sp³-hybridized carbons (Fsp3) is 0.538. The van der Waals surface area contributed by atoms with Crippen molar-refractivity contribution in [3.63, 3.8) is 0 Å². The molecule has 1 aliphatic rings. The predicted molar refractivity (Wildman–Crippen MR) is 66.9 cm³/mol. The molecule has 88 valence electrons. The van der Waals surface area contributed by atoms with Crippen LogP contribution in [0.3, 0.4) is 0 Å². The lowest BCUT2D eigenvalue weighted by atomic mass is 10.1. The highest BCUT2D eigenvalue weighted by Crippen LogP contribution is 2.31. The fourth-order valence-electron chi connectivity index (χ4n) is 2.17. The Balaban J connectivity index is 2.18. The minimum Gasteiger partial charge on any atom is -0.490 e. The first kappa shape index (κ1) is 11.7. The van der Waals surface area contributed by atoms with Crippen LogP contribution in [0.1, 0.15) is 44.2 Å².